The first-order valence-electron chi connectivity index (χ1n) is 8.87. The molecule has 0 atom stereocenters. The van der Waals surface area contributed by atoms with Gasteiger partial charge in [0.05, 0.1) is 0 Å². The predicted molar refractivity (Wildman–Crippen MR) is 96.9 cm³/mol. The summed E-state index contributed by atoms with van der Waals surface area (Å²) in [6.45, 7) is 2.22. The number of anilines is 1. The van der Waals surface area contributed by atoms with E-state index in [0.29, 0.717) is 6.42 Å². The van der Waals surface area contributed by atoms with Gasteiger partial charge in [0.2, 0.25) is 5.91 Å². The highest BCUT2D eigenvalue weighted by Gasteiger charge is 2.14. The van der Waals surface area contributed by atoms with Crippen LogP contribution in [0, 0.1) is 7.14 Å². The third-order valence-electron chi connectivity index (χ3n) is 3.84. The van der Waals surface area contributed by atoms with E-state index >= 15 is 0 Å². The summed E-state index contributed by atoms with van der Waals surface area (Å²) < 4.78 is 2.78. The normalized spacial score (nSPS) is 10.5. The van der Waals surface area contributed by atoms with Gasteiger partial charge in [0, 0.05) is 12.1 Å². The predicted octanol–water partition coefficient (Wildman–Crippen LogP) is 2.50. The summed E-state index contributed by atoms with van der Waals surface area (Å²) >= 11 is -0.136. The number of carbonyl (C=O) groups is 1. The number of hydrogen-bond acceptors (Lipinski definition) is 1. The van der Waals surface area contributed by atoms with E-state index in [1.807, 2.05) is 12.1 Å². The van der Waals surface area contributed by atoms with Crippen molar-refractivity contribution in [2.45, 2.75) is 51.9 Å². The van der Waals surface area contributed by atoms with Gasteiger partial charge in [0.15, 0.2) is 7.14 Å². The van der Waals surface area contributed by atoms with Crippen LogP contribution in [0.2, 0.25) is 0 Å². The van der Waals surface area contributed by atoms with Gasteiger partial charge in [-0.25, -0.2) is 0 Å². The molecule has 0 bridgehead atoms. The Balaban J connectivity index is 1.70. The van der Waals surface area contributed by atoms with Crippen LogP contribution in [-0.4, -0.2) is 5.91 Å². The van der Waals surface area contributed by atoms with E-state index in [-0.39, 0.29) is 27.1 Å². The summed E-state index contributed by atoms with van der Waals surface area (Å²) in [6.07, 6.45) is 7.90. The Kier molecular flexibility index (Phi) is 8.88. The number of nitrogens with one attached hydrogen (secondary N) is 1. The van der Waals surface area contributed by atoms with E-state index in [4.69, 9.17) is 0 Å². The van der Waals surface area contributed by atoms with Gasteiger partial charge in [0.1, 0.15) is 0 Å². The molecule has 1 N–H and O–H groups in total. The lowest BCUT2D eigenvalue weighted by molar-refractivity contribution is -0.597. The highest BCUT2D eigenvalue weighted by Crippen LogP contribution is 2.09. The molecule has 128 valence electrons. The molecule has 2 nitrogen and oxygen atoms in total. The molecule has 3 heteroatoms. The zero-order valence-electron chi connectivity index (χ0n) is 14.4. The average Bonchev–Trinajstić information content (AvgIpc) is 2.61. The Morgan fingerprint density at radius 3 is 2.17 bits per heavy atom. The third kappa shape index (κ3) is 7.47. The van der Waals surface area contributed by atoms with Crippen molar-refractivity contribution in [2.24, 2.45) is 0 Å². The standard InChI is InChI=1S/C21H26INO/c1-2-3-4-5-6-10-13-21(24)23-20-16-14-19(15-17-20)22-18-11-8-7-9-12-18/h7-9,11-12,14-17H,2-6,10,13H2,1H3/p+1. The van der Waals surface area contributed by atoms with Crippen LogP contribution < -0.4 is 26.5 Å². The van der Waals surface area contributed by atoms with Crippen molar-refractivity contribution in [1.29, 1.82) is 0 Å². The van der Waals surface area contributed by atoms with Crippen LogP contribution in [0.25, 0.3) is 0 Å². The second-order valence-corrected chi connectivity index (χ2v) is 8.99. The molecule has 2 aromatic rings. The molecule has 2 rings (SSSR count). The summed E-state index contributed by atoms with van der Waals surface area (Å²) in [6, 6.07) is 18.9. The lowest BCUT2D eigenvalue weighted by atomic mass is 10.1. The smallest absolute Gasteiger partial charge is 0.326 e. The van der Waals surface area contributed by atoms with Gasteiger partial charge in [-0.15, -0.1) is 0 Å². The average molecular weight is 436 g/mol. The van der Waals surface area contributed by atoms with Crippen LogP contribution in [-0.2, 0) is 4.79 Å². The monoisotopic (exact) mass is 436 g/mol. The largest absolute Gasteiger partial charge is 0.357 e. The quantitative estimate of drug-likeness (QED) is 0.450. The van der Waals surface area contributed by atoms with E-state index in [0.717, 1.165) is 18.5 Å². The molecule has 0 aliphatic heterocycles. The first-order valence-corrected chi connectivity index (χ1v) is 11.0. The highest BCUT2D eigenvalue weighted by molar-refractivity contribution is 5.90. The SMILES string of the molecule is CCCCCCCCC(=O)Nc1ccc([I+]c2ccccc2)cc1. The fourth-order valence-electron chi connectivity index (χ4n) is 2.49. The number of carbonyl (C=O) groups excluding carboxylic acids is 1. The summed E-state index contributed by atoms with van der Waals surface area (Å²) in [5.74, 6) is 0.135. The van der Waals surface area contributed by atoms with E-state index in [1.165, 1.54) is 32.8 Å². The fourth-order valence-corrected chi connectivity index (χ4v) is 4.70. The summed E-state index contributed by atoms with van der Waals surface area (Å²) in [4.78, 5) is 12.0. The second kappa shape index (κ2) is 11.2. The van der Waals surface area contributed by atoms with Crippen molar-refractivity contribution < 1.29 is 26.0 Å². The molecule has 0 saturated carbocycles. The molecule has 0 unspecified atom stereocenters. The van der Waals surface area contributed by atoms with E-state index < -0.39 is 0 Å². The zero-order chi connectivity index (χ0) is 17.0. The van der Waals surface area contributed by atoms with Crippen LogP contribution in [0.5, 0.6) is 0 Å². The number of halogens is 1. The van der Waals surface area contributed by atoms with Crippen LogP contribution >= 0.6 is 0 Å². The molecule has 0 aromatic heterocycles. The van der Waals surface area contributed by atoms with Crippen molar-refractivity contribution in [3.8, 4) is 0 Å². The Morgan fingerprint density at radius 1 is 0.833 bits per heavy atom. The van der Waals surface area contributed by atoms with Gasteiger partial charge < -0.3 is 5.32 Å². The first-order chi connectivity index (χ1) is 11.8. The molecule has 0 spiro atoms. The van der Waals surface area contributed by atoms with Crippen molar-refractivity contribution in [2.75, 3.05) is 5.32 Å². The number of hydrogen-bond donors (Lipinski definition) is 1. The molecule has 1 amide bonds. The number of unbranched alkanes of at least 4 members (excludes halogenated alkanes) is 5. The van der Waals surface area contributed by atoms with E-state index in [2.05, 4.69) is 54.7 Å². The Hall–Kier alpha value is -1.36. The second-order valence-electron chi connectivity index (χ2n) is 5.96. The Labute approximate surface area is 156 Å². The maximum atomic E-state index is 12.0. The lowest BCUT2D eigenvalue weighted by Crippen LogP contribution is -3.61. The topological polar surface area (TPSA) is 29.1 Å². The van der Waals surface area contributed by atoms with Gasteiger partial charge >= 0.3 is 21.2 Å². The van der Waals surface area contributed by atoms with Gasteiger partial charge in [0.25, 0.3) is 0 Å². The van der Waals surface area contributed by atoms with Gasteiger partial charge in [-0.3, -0.25) is 4.79 Å². The maximum absolute atomic E-state index is 12.0. The van der Waals surface area contributed by atoms with Gasteiger partial charge in [-0.05, 0) is 42.8 Å². The van der Waals surface area contributed by atoms with Gasteiger partial charge in [-0.1, -0.05) is 57.2 Å². The number of benzene rings is 2. The third-order valence-corrected chi connectivity index (χ3v) is 6.52. The molecule has 0 heterocycles. The molecule has 0 fully saturated rings. The van der Waals surface area contributed by atoms with Gasteiger partial charge in [-0.2, -0.15) is 0 Å². The fraction of sp³-hybridized carbons (Fsp3) is 0.381. The molecule has 0 aliphatic rings. The molecule has 24 heavy (non-hydrogen) atoms. The van der Waals surface area contributed by atoms with E-state index in [1.54, 1.807) is 0 Å². The minimum Gasteiger partial charge on any atom is -0.326 e. The van der Waals surface area contributed by atoms with Crippen molar-refractivity contribution in [1.82, 2.24) is 0 Å². The summed E-state index contributed by atoms with van der Waals surface area (Å²) in [7, 11) is 0. The summed E-state index contributed by atoms with van der Waals surface area (Å²) in [5.41, 5.74) is 0.909. The molecular formula is C21H27INO+. The van der Waals surface area contributed by atoms with Crippen LogP contribution in [0.15, 0.2) is 54.6 Å². The summed E-state index contributed by atoms with van der Waals surface area (Å²) in [5, 5.41) is 3.01. The molecular weight excluding hydrogens is 409 g/mol. The number of rotatable bonds is 10. The molecule has 0 aliphatic carbocycles. The van der Waals surface area contributed by atoms with Crippen LogP contribution in [0.1, 0.15) is 51.9 Å². The Morgan fingerprint density at radius 2 is 1.46 bits per heavy atom. The molecule has 0 saturated heterocycles. The lowest BCUT2D eigenvalue weighted by Gasteiger charge is -2.04. The van der Waals surface area contributed by atoms with Crippen LogP contribution in [0.4, 0.5) is 5.69 Å². The highest BCUT2D eigenvalue weighted by atomic mass is 127. The molecule has 2 aromatic carbocycles. The van der Waals surface area contributed by atoms with Crippen molar-refractivity contribution in [3.63, 3.8) is 0 Å². The Bertz CT molecular complexity index is 595. The van der Waals surface area contributed by atoms with E-state index in [9.17, 15) is 4.79 Å². The van der Waals surface area contributed by atoms with Crippen LogP contribution in [0.3, 0.4) is 0 Å². The molecule has 0 radical (unpaired) electrons. The minimum absolute atomic E-state index is 0.135. The first kappa shape index (κ1) is 19.0. The van der Waals surface area contributed by atoms with Crippen molar-refractivity contribution in [3.05, 3.63) is 61.7 Å². The number of amides is 1. The minimum atomic E-state index is -0.136. The van der Waals surface area contributed by atoms with Crippen molar-refractivity contribution >= 4 is 11.6 Å². The zero-order valence-corrected chi connectivity index (χ0v) is 16.6. The maximum Gasteiger partial charge on any atom is 0.357 e.